The van der Waals surface area contributed by atoms with Gasteiger partial charge in [-0.1, -0.05) is 0 Å². The predicted molar refractivity (Wildman–Crippen MR) is 43.4 cm³/mol. The second-order valence-corrected chi connectivity index (χ2v) is 2.96. The Kier molecular flexibility index (Phi) is 2.48. The van der Waals surface area contributed by atoms with Crippen molar-refractivity contribution >= 4 is 0 Å². The topological polar surface area (TPSA) is 90.9 Å². The molecule has 1 fully saturated rings. The maximum absolute atomic E-state index is 5.40. The third kappa shape index (κ3) is 1.67. The van der Waals surface area contributed by atoms with Crippen molar-refractivity contribution in [1.82, 2.24) is 25.6 Å². The molecule has 1 aliphatic rings. The summed E-state index contributed by atoms with van der Waals surface area (Å²) < 4.78 is 5.31. The molecule has 3 N–H and O–H groups in total. The number of hydrogen-bond acceptors (Lipinski definition) is 6. The molecule has 2 heterocycles. The number of nitrogens with one attached hydrogen (secondary N) is 1. The fourth-order valence-electron chi connectivity index (χ4n) is 1.47. The summed E-state index contributed by atoms with van der Waals surface area (Å²) in [6.07, 6.45) is 2.27. The lowest BCUT2D eigenvalue weighted by molar-refractivity contribution is 0.0268. The van der Waals surface area contributed by atoms with Gasteiger partial charge in [0.2, 0.25) is 0 Å². The highest BCUT2D eigenvalue weighted by Crippen LogP contribution is 2.16. The lowest BCUT2D eigenvalue weighted by Gasteiger charge is -2.29. The largest absolute Gasteiger partial charge is 0.379 e. The van der Waals surface area contributed by atoms with Crippen molar-refractivity contribution in [2.75, 3.05) is 13.2 Å². The average Bonchev–Trinajstić information content (AvgIpc) is 2.70. The van der Waals surface area contributed by atoms with E-state index in [1.807, 2.05) is 0 Å². The maximum atomic E-state index is 5.40. The lowest BCUT2D eigenvalue weighted by Crippen LogP contribution is -2.47. The van der Waals surface area contributed by atoms with Gasteiger partial charge in [0.15, 0.2) is 6.33 Å². The molecule has 13 heavy (non-hydrogen) atoms. The van der Waals surface area contributed by atoms with Crippen LogP contribution in [0.25, 0.3) is 0 Å². The fraction of sp³-hybridized carbons (Fsp3) is 0.833. The fourth-order valence-corrected chi connectivity index (χ4v) is 1.47. The van der Waals surface area contributed by atoms with Crippen LogP contribution in [0, 0.1) is 0 Å². The van der Waals surface area contributed by atoms with E-state index in [-0.39, 0.29) is 12.1 Å². The minimum atomic E-state index is 0.0428. The van der Waals surface area contributed by atoms with Crippen LogP contribution < -0.4 is 11.3 Å². The number of rotatable bonds is 2. The van der Waals surface area contributed by atoms with Gasteiger partial charge in [0, 0.05) is 12.6 Å². The van der Waals surface area contributed by atoms with E-state index >= 15 is 0 Å². The van der Waals surface area contributed by atoms with Crippen molar-refractivity contribution < 1.29 is 4.74 Å². The van der Waals surface area contributed by atoms with Gasteiger partial charge in [-0.05, 0) is 11.6 Å². The van der Waals surface area contributed by atoms with E-state index in [4.69, 9.17) is 10.6 Å². The van der Waals surface area contributed by atoms with E-state index in [1.165, 1.54) is 11.1 Å². The molecule has 72 valence electrons. The van der Waals surface area contributed by atoms with E-state index in [0.717, 1.165) is 13.0 Å². The minimum Gasteiger partial charge on any atom is -0.379 e. The third-order valence-electron chi connectivity index (χ3n) is 2.20. The summed E-state index contributed by atoms with van der Waals surface area (Å²) in [4.78, 5) is 1.53. The molecule has 2 rings (SSSR count). The number of tetrazole rings is 1. The highest BCUT2D eigenvalue weighted by atomic mass is 16.5. The number of nitrogens with zero attached hydrogens (tertiary/aromatic N) is 4. The molecule has 1 aliphatic heterocycles. The second-order valence-electron chi connectivity index (χ2n) is 2.96. The molecule has 0 spiro atoms. The molecule has 7 nitrogen and oxygen atoms in total. The van der Waals surface area contributed by atoms with Gasteiger partial charge in [0.25, 0.3) is 0 Å². The van der Waals surface area contributed by atoms with Crippen LogP contribution in [-0.4, -0.2) is 39.5 Å². The Morgan fingerprint density at radius 1 is 1.62 bits per heavy atom. The van der Waals surface area contributed by atoms with E-state index < -0.39 is 0 Å². The lowest BCUT2D eigenvalue weighted by atomic mass is 10.1. The van der Waals surface area contributed by atoms with Gasteiger partial charge in [-0.2, -0.15) is 4.80 Å². The molecule has 0 saturated carbocycles. The molecule has 0 radical (unpaired) electrons. The first-order valence-corrected chi connectivity index (χ1v) is 4.18. The molecule has 0 aromatic carbocycles. The average molecular weight is 184 g/mol. The van der Waals surface area contributed by atoms with Crippen molar-refractivity contribution in [1.29, 1.82) is 0 Å². The normalized spacial score (nSPS) is 29.0. The van der Waals surface area contributed by atoms with Gasteiger partial charge in [0.1, 0.15) is 6.04 Å². The first-order chi connectivity index (χ1) is 6.42. The van der Waals surface area contributed by atoms with E-state index in [0.29, 0.717) is 6.61 Å². The molecular weight excluding hydrogens is 172 g/mol. The number of nitrogens with two attached hydrogens (primary N) is 1. The summed E-state index contributed by atoms with van der Waals surface area (Å²) in [7, 11) is 0. The molecule has 1 aromatic heterocycles. The maximum Gasteiger partial charge on any atom is 0.162 e. The molecule has 0 amide bonds. The van der Waals surface area contributed by atoms with E-state index in [2.05, 4.69) is 20.8 Å². The summed E-state index contributed by atoms with van der Waals surface area (Å²) in [6.45, 7) is 1.30. The smallest absolute Gasteiger partial charge is 0.162 e. The monoisotopic (exact) mass is 184 g/mol. The van der Waals surface area contributed by atoms with Gasteiger partial charge in [-0.25, -0.2) is 0 Å². The Morgan fingerprint density at radius 3 is 3.23 bits per heavy atom. The highest BCUT2D eigenvalue weighted by Gasteiger charge is 2.27. The second kappa shape index (κ2) is 3.77. The van der Waals surface area contributed by atoms with Crippen molar-refractivity contribution in [3.05, 3.63) is 6.33 Å². The van der Waals surface area contributed by atoms with Gasteiger partial charge in [-0.3, -0.25) is 11.3 Å². The van der Waals surface area contributed by atoms with Gasteiger partial charge < -0.3 is 4.74 Å². The summed E-state index contributed by atoms with van der Waals surface area (Å²) in [5, 5.41) is 11.4. The molecule has 1 aromatic rings. The molecule has 0 bridgehead atoms. The first-order valence-electron chi connectivity index (χ1n) is 4.18. The number of hydrogen-bond donors (Lipinski definition) is 2. The van der Waals surface area contributed by atoms with Crippen molar-refractivity contribution in [3.8, 4) is 0 Å². The zero-order chi connectivity index (χ0) is 9.10. The number of ether oxygens (including phenoxy) is 1. The van der Waals surface area contributed by atoms with E-state index in [9.17, 15) is 0 Å². The van der Waals surface area contributed by atoms with E-state index in [1.54, 1.807) is 0 Å². The third-order valence-corrected chi connectivity index (χ3v) is 2.20. The Morgan fingerprint density at radius 2 is 2.54 bits per heavy atom. The molecule has 2 unspecified atom stereocenters. The van der Waals surface area contributed by atoms with Crippen LogP contribution in [-0.2, 0) is 4.74 Å². The Bertz CT molecular complexity index is 250. The summed E-state index contributed by atoms with van der Waals surface area (Å²) in [5.41, 5.74) is 2.73. The van der Waals surface area contributed by atoms with Gasteiger partial charge >= 0.3 is 0 Å². The molecular formula is C6H12N6O. The number of aromatic nitrogens is 4. The van der Waals surface area contributed by atoms with Crippen LogP contribution in [0.15, 0.2) is 6.33 Å². The van der Waals surface area contributed by atoms with Crippen LogP contribution in [0.3, 0.4) is 0 Å². The van der Waals surface area contributed by atoms with Crippen LogP contribution in [0.5, 0.6) is 0 Å². The molecule has 1 saturated heterocycles. The van der Waals surface area contributed by atoms with Crippen molar-refractivity contribution in [3.63, 3.8) is 0 Å². The zero-order valence-electron chi connectivity index (χ0n) is 7.13. The zero-order valence-corrected chi connectivity index (χ0v) is 7.13. The molecule has 2 atom stereocenters. The van der Waals surface area contributed by atoms with Gasteiger partial charge in [-0.15, -0.1) is 10.2 Å². The first kappa shape index (κ1) is 8.54. The molecule has 0 aliphatic carbocycles. The standard InChI is InChI=1S/C6H12N6O/c7-10-5-1-2-13-3-6(5)12-9-4-8-11-12/h4-6,10H,1-3,7H2. The van der Waals surface area contributed by atoms with Crippen LogP contribution >= 0.6 is 0 Å². The predicted octanol–water partition coefficient (Wildman–Crippen LogP) is -1.53. The Hall–Kier alpha value is -1.05. The van der Waals surface area contributed by atoms with Gasteiger partial charge in [0.05, 0.1) is 6.61 Å². The summed E-state index contributed by atoms with van der Waals surface area (Å²) in [5.74, 6) is 5.40. The summed E-state index contributed by atoms with van der Waals surface area (Å²) in [6, 6.07) is 0.198. The van der Waals surface area contributed by atoms with Crippen LogP contribution in [0.2, 0.25) is 0 Å². The quantitative estimate of drug-likeness (QED) is 0.428. The SMILES string of the molecule is NNC1CCOCC1n1ncnn1. The van der Waals surface area contributed by atoms with Crippen molar-refractivity contribution in [2.45, 2.75) is 18.5 Å². The van der Waals surface area contributed by atoms with Crippen molar-refractivity contribution in [2.24, 2.45) is 5.84 Å². The minimum absolute atomic E-state index is 0.0428. The number of hydrazine groups is 1. The Labute approximate surface area is 75.2 Å². The summed E-state index contributed by atoms with van der Waals surface area (Å²) >= 11 is 0. The van der Waals surface area contributed by atoms with Crippen LogP contribution in [0.1, 0.15) is 12.5 Å². The molecule has 7 heteroatoms. The van der Waals surface area contributed by atoms with Crippen LogP contribution in [0.4, 0.5) is 0 Å². The highest BCUT2D eigenvalue weighted by molar-refractivity contribution is 4.79. The Balaban J connectivity index is 2.11.